The molecule has 2 heterocycles. The molecule has 2 amide bonds. The summed E-state index contributed by atoms with van der Waals surface area (Å²) in [5.74, 6) is 0.982. The molecule has 5 rings (SSSR count). The van der Waals surface area contributed by atoms with Crippen LogP contribution >= 0.6 is 11.3 Å². The molecule has 39 heavy (non-hydrogen) atoms. The fourth-order valence-electron chi connectivity index (χ4n) is 5.61. The molecule has 2 aliphatic carbocycles. The number of amides is 2. The van der Waals surface area contributed by atoms with Crippen LogP contribution in [0.1, 0.15) is 77.7 Å². The van der Waals surface area contributed by atoms with Gasteiger partial charge < -0.3 is 16.4 Å². The summed E-state index contributed by atoms with van der Waals surface area (Å²) in [5, 5.41) is 10.4. The van der Waals surface area contributed by atoms with E-state index in [9.17, 15) is 9.59 Å². The lowest BCUT2D eigenvalue weighted by Gasteiger charge is -2.38. The van der Waals surface area contributed by atoms with Crippen LogP contribution in [0.2, 0.25) is 0 Å². The van der Waals surface area contributed by atoms with Crippen LogP contribution in [0.3, 0.4) is 0 Å². The monoisotopic (exact) mass is 544 g/mol. The van der Waals surface area contributed by atoms with E-state index in [0.29, 0.717) is 18.2 Å². The number of nitrogens with two attached hydrogens (primary N) is 1. The summed E-state index contributed by atoms with van der Waals surface area (Å²) >= 11 is 1.65. The van der Waals surface area contributed by atoms with Crippen molar-refractivity contribution < 1.29 is 9.59 Å². The van der Waals surface area contributed by atoms with Gasteiger partial charge in [-0.25, -0.2) is 4.98 Å². The van der Waals surface area contributed by atoms with Crippen molar-refractivity contribution in [3.63, 3.8) is 0 Å². The summed E-state index contributed by atoms with van der Waals surface area (Å²) in [6, 6.07) is 12.8. The summed E-state index contributed by atoms with van der Waals surface area (Å²) in [6.45, 7) is 5.80. The minimum atomic E-state index is -0.381. The van der Waals surface area contributed by atoms with Crippen LogP contribution in [0.5, 0.6) is 0 Å². The van der Waals surface area contributed by atoms with Crippen LogP contribution in [-0.4, -0.2) is 22.8 Å². The molecule has 2 aliphatic rings. The smallest absolute Gasteiger partial charge is 0.225 e. The standard InChI is InChI=1S/C32H40N4O2S/c1-31(2,3)30(38)35-25-11-5-21(6-12-25)17-29(37)36-28-18-26(23-13-16-39-20-23)27(19-34-28)22-7-9-24(10-8-22)32(33)14-4-15-32/h7-10,13,16,18-21,25H,4-6,11-12,14-15,17,33H2,1-3H3,(H,35,38)(H,34,36,37)/t21-,25-. The Morgan fingerprint density at radius 3 is 2.33 bits per heavy atom. The molecule has 0 bridgehead atoms. The molecule has 0 unspecified atom stereocenters. The van der Waals surface area contributed by atoms with E-state index in [-0.39, 0.29) is 28.8 Å². The van der Waals surface area contributed by atoms with Crippen molar-refractivity contribution in [1.29, 1.82) is 0 Å². The number of rotatable bonds is 7. The van der Waals surface area contributed by atoms with Crippen molar-refractivity contribution in [1.82, 2.24) is 10.3 Å². The Hall–Kier alpha value is -3.03. The molecule has 1 aromatic carbocycles. The zero-order valence-electron chi connectivity index (χ0n) is 23.3. The Morgan fingerprint density at radius 1 is 1.03 bits per heavy atom. The van der Waals surface area contributed by atoms with E-state index in [1.807, 2.05) is 33.0 Å². The van der Waals surface area contributed by atoms with Crippen molar-refractivity contribution in [2.24, 2.45) is 17.1 Å². The Bertz CT molecular complexity index is 1300. The summed E-state index contributed by atoms with van der Waals surface area (Å²) < 4.78 is 0. The zero-order chi connectivity index (χ0) is 27.6. The Labute approximate surface area is 235 Å². The highest BCUT2D eigenvalue weighted by Crippen LogP contribution is 2.40. The molecular weight excluding hydrogens is 504 g/mol. The molecule has 0 atom stereocenters. The lowest BCUT2D eigenvalue weighted by molar-refractivity contribution is -0.129. The number of aromatic nitrogens is 1. The fourth-order valence-corrected chi connectivity index (χ4v) is 6.26. The maximum Gasteiger partial charge on any atom is 0.225 e. The van der Waals surface area contributed by atoms with Gasteiger partial charge in [-0.05, 0) is 96.0 Å². The predicted molar refractivity (Wildman–Crippen MR) is 159 cm³/mol. The van der Waals surface area contributed by atoms with Crippen molar-refractivity contribution in [2.45, 2.75) is 83.7 Å². The highest BCUT2D eigenvalue weighted by molar-refractivity contribution is 7.08. The molecule has 2 fully saturated rings. The molecule has 0 radical (unpaired) electrons. The number of benzene rings is 1. The van der Waals surface area contributed by atoms with Gasteiger partial charge in [-0.2, -0.15) is 11.3 Å². The second kappa shape index (κ2) is 11.2. The Balaban J connectivity index is 1.23. The lowest BCUT2D eigenvalue weighted by Crippen LogP contribution is -2.43. The third kappa shape index (κ3) is 6.42. The number of carbonyl (C=O) groups is 2. The molecule has 7 heteroatoms. The first-order valence-corrected chi connectivity index (χ1v) is 15.1. The molecule has 0 saturated heterocycles. The summed E-state index contributed by atoms with van der Waals surface area (Å²) in [5.41, 5.74) is 11.4. The molecule has 0 aliphatic heterocycles. The quantitative estimate of drug-likeness (QED) is 0.302. The minimum Gasteiger partial charge on any atom is -0.353 e. The molecule has 4 N–H and O–H groups in total. The molecule has 2 saturated carbocycles. The molecule has 3 aromatic rings. The molecule has 6 nitrogen and oxygen atoms in total. The van der Waals surface area contributed by atoms with Gasteiger partial charge in [-0.1, -0.05) is 45.0 Å². The highest BCUT2D eigenvalue weighted by Gasteiger charge is 2.34. The fraction of sp³-hybridized carbons (Fsp3) is 0.469. The van der Waals surface area contributed by atoms with Crippen LogP contribution in [-0.2, 0) is 15.1 Å². The van der Waals surface area contributed by atoms with Crippen LogP contribution in [0, 0.1) is 11.3 Å². The Morgan fingerprint density at radius 2 is 1.74 bits per heavy atom. The van der Waals surface area contributed by atoms with E-state index in [1.165, 1.54) is 12.0 Å². The first kappa shape index (κ1) is 27.5. The van der Waals surface area contributed by atoms with E-state index >= 15 is 0 Å². The average molecular weight is 545 g/mol. The largest absolute Gasteiger partial charge is 0.353 e. The topological polar surface area (TPSA) is 97.1 Å². The highest BCUT2D eigenvalue weighted by atomic mass is 32.1. The van der Waals surface area contributed by atoms with Crippen LogP contribution < -0.4 is 16.4 Å². The first-order chi connectivity index (χ1) is 18.6. The lowest BCUT2D eigenvalue weighted by atomic mass is 9.72. The number of hydrogen-bond acceptors (Lipinski definition) is 5. The second-order valence-corrected chi connectivity index (χ2v) is 13.2. The van der Waals surface area contributed by atoms with Gasteiger partial charge in [0.25, 0.3) is 0 Å². The van der Waals surface area contributed by atoms with E-state index < -0.39 is 0 Å². The van der Waals surface area contributed by atoms with Crippen molar-refractivity contribution >= 4 is 29.0 Å². The van der Waals surface area contributed by atoms with Gasteiger partial charge in [0, 0.05) is 35.2 Å². The first-order valence-electron chi connectivity index (χ1n) is 14.1. The second-order valence-electron chi connectivity index (χ2n) is 12.4. The third-order valence-electron chi connectivity index (χ3n) is 8.36. The number of pyridine rings is 1. The summed E-state index contributed by atoms with van der Waals surface area (Å²) in [7, 11) is 0. The van der Waals surface area contributed by atoms with E-state index in [2.05, 4.69) is 56.7 Å². The third-order valence-corrected chi connectivity index (χ3v) is 9.04. The average Bonchev–Trinajstić information content (AvgIpc) is 3.43. The minimum absolute atomic E-state index is 0.00760. The van der Waals surface area contributed by atoms with Crippen LogP contribution in [0.4, 0.5) is 5.82 Å². The zero-order valence-corrected chi connectivity index (χ0v) is 24.1. The van der Waals surface area contributed by atoms with Gasteiger partial charge in [-0.3, -0.25) is 9.59 Å². The number of anilines is 1. The van der Waals surface area contributed by atoms with Crippen molar-refractivity contribution in [3.05, 3.63) is 58.9 Å². The van der Waals surface area contributed by atoms with Gasteiger partial charge >= 0.3 is 0 Å². The molecule has 206 valence electrons. The van der Waals surface area contributed by atoms with Gasteiger partial charge in [0.05, 0.1) is 0 Å². The number of nitrogens with zero attached hydrogens (tertiary/aromatic N) is 1. The maximum absolute atomic E-state index is 13.0. The van der Waals surface area contributed by atoms with Gasteiger partial charge in [0.1, 0.15) is 5.82 Å². The number of hydrogen-bond donors (Lipinski definition) is 3. The molecular formula is C32H40N4O2S. The van der Waals surface area contributed by atoms with E-state index in [0.717, 1.165) is 60.8 Å². The summed E-state index contributed by atoms with van der Waals surface area (Å²) in [4.78, 5) is 29.9. The van der Waals surface area contributed by atoms with E-state index in [4.69, 9.17) is 5.73 Å². The van der Waals surface area contributed by atoms with Gasteiger partial charge in [0.15, 0.2) is 0 Å². The molecule has 0 spiro atoms. The van der Waals surface area contributed by atoms with Gasteiger partial charge in [-0.15, -0.1) is 0 Å². The number of nitrogens with one attached hydrogen (secondary N) is 2. The Kier molecular flexibility index (Phi) is 7.92. The number of carbonyl (C=O) groups excluding carboxylic acids is 2. The normalized spacial score (nSPS) is 20.6. The van der Waals surface area contributed by atoms with Crippen molar-refractivity contribution in [2.75, 3.05) is 5.32 Å². The van der Waals surface area contributed by atoms with Crippen LogP contribution in [0.15, 0.2) is 53.4 Å². The predicted octanol–water partition coefficient (Wildman–Crippen LogP) is 6.86. The van der Waals surface area contributed by atoms with Gasteiger partial charge in [0.2, 0.25) is 11.8 Å². The van der Waals surface area contributed by atoms with Crippen LogP contribution in [0.25, 0.3) is 22.3 Å². The number of thiophene rings is 1. The molecule has 2 aromatic heterocycles. The maximum atomic E-state index is 13.0. The van der Waals surface area contributed by atoms with Crippen molar-refractivity contribution in [3.8, 4) is 22.3 Å². The summed E-state index contributed by atoms with van der Waals surface area (Å²) in [6.07, 6.45) is 9.31. The SMILES string of the molecule is CC(C)(C)C(=O)N[C@H]1CC[C@H](CC(=O)Nc2cc(-c3ccsc3)c(-c3ccc(C4(N)CCC4)cc3)cn2)CC1. The van der Waals surface area contributed by atoms with E-state index in [1.54, 1.807) is 11.3 Å².